The second-order valence-electron chi connectivity index (χ2n) is 9.77. The molecule has 0 saturated heterocycles. The van der Waals surface area contributed by atoms with Crippen molar-refractivity contribution < 1.29 is 13.9 Å². The van der Waals surface area contributed by atoms with Gasteiger partial charge in [0.2, 0.25) is 0 Å². The highest BCUT2D eigenvalue weighted by atomic mass is 28.3. The predicted octanol–water partition coefficient (Wildman–Crippen LogP) is 5.34. The maximum Gasteiger partial charge on any atom is 0.181 e. The number of nitriles is 1. The highest BCUT2D eigenvalue weighted by molar-refractivity contribution is 6.76. The van der Waals surface area contributed by atoms with Crippen molar-refractivity contribution in [3.05, 3.63) is 59.9 Å². The molecule has 5 rings (SSSR count). The first-order chi connectivity index (χ1) is 16.4. The zero-order chi connectivity index (χ0) is 23.7. The van der Waals surface area contributed by atoms with Gasteiger partial charge in [0, 0.05) is 18.2 Å². The van der Waals surface area contributed by atoms with Crippen LogP contribution in [0, 0.1) is 11.3 Å². The van der Waals surface area contributed by atoms with E-state index < -0.39 is 8.07 Å². The molecular formula is C25H27N5O3Si-. The molecule has 1 unspecified atom stereocenters. The average Bonchev–Trinajstić information content (AvgIpc) is 3.55. The Labute approximate surface area is 199 Å². The first kappa shape index (κ1) is 22.3. The first-order valence-corrected chi connectivity index (χ1v) is 15.1. The number of aryl methyl sites for hydroxylation is 1. The van der Waals surface area contributed by atoms with Crippen molar-refractivity contribution in [2.24, 2.45) is 0 Å². The van der Waals surface area contributed by atoms with Gasteiger partial charge in [-0.1, -0.05) is 0 Å². The molecule has 8 nitrogen and oxygen atoms in total. The Morgan fingerprint density at radius 1 is 1.24 bits per heavy atom. The molecule has 1 aliphatic carbocycles. The van der Waals surface area contributed by atoms with Crippen molar-refractivity contribution in [3.63, 3.8) is 0 Å². The molecule has 1 aromatic carbocycles. The summed E-state index contributed by atoms with van der Waals surface area (Å²) in [7, 11) is -1.16. The van der Waals surface area contributed by atoms with Crippen LogP contribution in [0.5, 0.6) is 5.75 Å². The van der Waals surface area contributed by atoms with Crippen LogP contribution in [0.1, 0.15) is 29.3 Å². The van der Waals surface area contributed by atoms with Crippen LogP contribution in [0.25, 0.3) is 22.4 Å². The minimum absolute atomic E-state index is 0.145. The molecular weight excluding hydrogens is 446 g/mol. The van der Waals surface area contributed by atoms with Crippen LogP contribution in [-0.4, -0.2) is 34.4 Å². The number of hydrogen-bond acceptors (Lipinski definition) is 7. The van der Waals surface area contributed by atoms with E-state index in [9.17, 15) is 0 Å². The van der Waals surface area contributed by atoms with Crippen molar-refractivity contribution >= 4 is 19.0 Å². The minimum Gasteiger partial charge on any atom is -0.484 e. The lowest BCUT2D eigenvalue weighted by Gasteiger charge is -2.26. The fourth-order valence-electron chi connectivity index (χ4n) is 4.15. The Hall–Kier alpha value is -3.48. The molecule has 1 atom stereocenters. The molecule has 0 amide bonds. The van der Waals surface area contributed by atoms with Crippen LogP contribution in [0.2, 0.25) is 25.7 Å². The molecule has 0 bridgehead atoms. The molecule has 0 aliphatic heterocycles. The fraction of sp³-hybridized carbons (Fsp3) is 0.360. The van der Waals surface area contributed by atoms with Gasteiger partial charge >= 0.3 is 0 Å². The highest BCUT2D eigenvalue weighted by Crippen LogP contribution is 2.36. The van der Waals surface area contributed by atoms with Gasteiger partial charge in [-0.25, -0.2) is 9.67 Å². The van der Waals surface area contributed by atoms with E-state index in [2.05, 4.69) is 35.7 Å². The minimum atomic E-state index is -1.16. The topological polar surface area (TPSA) is 99.0 Å². The predicted molar refractivity (Wildman–Crippen MR) is 130 cm³/mol. The summed E-state index contributed by atoms with van der Waals surface area (Å²) in [6.07, 6.45) is 6.21. The van der Waals surface area contributed by atoms with Crippen LogP contribution < -0.4 is 4.74 Å². The Kier molecular flexibility index (Phi) is 5.94. The second-order valence-corrected chi connectivity index (χ2v) is 15.4. The van der Waals surface area contributed by atoms with Crippen LogP contribution in [0.3, 0.4) is 0 Å². The summed E-state index contributed by atoms with van der Waals surface area (Å²) in [6.45, 7) is 8.10. The maximum atomic E-state index is 9.13. The number of pyridine rings is 1. The molecule has 34 heavy (non-hydrogen) atoms. The molecule has 0 fully saturated rings. The molecule has 0 N–H and O–H groups in total. The van der Waals surface area contributed by atoms with Gasteiger partial charge in [-0.05, 0) is 42.7 Å². The standard InChI is InChI=1S/C25H27N5O3Si/c1-34(2,3)9-8-31-16-30-21-6-5-19(11-20(21)25(29-30)23-14-27-15-32-23)33-22-7-4-18-10-17(12-26)13-28-24(18)22/h5-6,10-11,13-15,22H,4,7-9,16H2,1-3H3/q-1. The lowest BCUT2D eigenvalue weighted by Crippen LogP contribution is -2.22. The number of fused-ring (bicyclic) bond motifs is 2. The van der Waals surface area contributed by atoms with Gasteiger partial charge < -0.3 is 13.9 Å². The molecule has 1 aliphatic rings. The largest absolute Gasteiger partial charge is 0.484 e. The second kappa shape index (κ2) is 9.04. The summed E-state index contributed by atoms with van der Waals surface area (Å²) in [5.41, 5.74) is 4.21. The molecule has 175 valence electrons. The van der Waals surface area contributed by atoms with E-state index in [1.165, 1.54) is 6.39 Å². The normalized spacial score (nSPS) is 15.4. The monoisotopic (exact) mass is 473 g/mol. The van der Waals surface area contributed by atoms with Crippen molar-refractivity contribution in [1.29, 1.82) is 5.26 Å². The lowest BCUT2D eigenvalue weighted by atomic mass is 10.1. The van der Waals surface area contributed by atoms with Gasteiger partial charge in [0.25, 0.3) is 0 Å². The molecule has 0 spiro atoms. The van der Waals surface area contributed by atoms with Crippen molar-refractivity contribution in [2.45, 2.75) is 51.4 Å². The fourth-order valence-corrected chi connectivity index (χ4v) is 4.91. The Bertz CT molecular complexity index is 1350. The van der Waals surface area contributed by atoms with Gasteiger partial charge in [-0.3, -0.25) is 4.98 Å². The van der Waals surface area contributed by atoms with Crippen LogP contribution in [0.4, 0.5) is 0 Å². The zero-order valence-corrected chi connectivity index (χ0v) is 20.6. The van der Waals surface area contributed by atoms with E-state index in [0.29, 0.717) is 23.7 Å². The van der Waals surface area contributed by atoms with Crippen LogP contribution in [-0.2, 0) is 17.9 Å². The summed E-state index contributed by atoms with van der Waals surface area (Å²) < 4.78 is 19.7. The number of rotatable bonds is 8. The molecule has 3 heterocycles. The van der Waals surface area contributed by atoms with Gasteiger partial charge in [0.1, 0.15) is 30.3 Å². The maximum absolute atomic E-state index is 9.13. The van der Waals surface area contributed by atoms with E-state index in [1.807, 2.05) is 28.9 Å². The van der Waals surface area contributed by atoms with Crippen LogP contribution >= 0.6 is 0 Å². The van der Waals surface area contributed by atoms with Gasteiger partial charge in [-0.15, -0.1) is 14.1 Å². The number of hydrogen-bond donors (Lipinski definition) is 0. The summed E-state index contributed by atoms with van der Waals surface area (Å²) >= 11 is 0. The average molecular weight is 474 g/mol. The lowest BCUT2D eigenvalue weighted by molar-refractivity contribution is 0.0818. The first-order valence-electron chi connectivity index (χ1n) is 11.4. The van der Waals surface area contributed by atoms with Crippen molar-refractivity contribution in [1.82, 2.24) is 19.7 Å². The number of aromatic nitrogens is 4. The third kappa shape index (κ3) is 4.60. The smallest absolute Gasteiger partial charge is 0.181 e. The summed E-state index contributed by atoms with van der Waals surface area (Å²) in [6, 6.07) is 11.1. The van der Waals surface area contributed by atoms with E-state index in [-0.39, 0.29) is 6.10 Å². The number of benzene rings is 1. The third-order valence-corrected chi connectivity index (χ3v) is 7.69. The van der Waals surface area contributed by atoms with Gasteiger partial charge in [0.05, 0.1) is 23.0 Å². The summed E-state index contributed by atoms with van der Waals surface area (Å²) in [5, 5.41) is 14.8. The Morgan fingerprint density at radius 3 is 2.88 bits per heavy atom. The molecule has 3 aromatic heterocycles. The summed E-state index contributed by atoms with van der Waals surface area (Å²) in [5.74, 6) is 1.33. The van der Waals surface area contributed by atoms with E-state index >= 15 is 0 Å². The summed E-state index contributed by atoms with van der Waals surface area (Å²) in [4.78, 5) is 8.55. The van der Waals surface area contributed by atoms with Gasteiger partial charge in [-0.2, -0.15) is 30.0 Å². The van der Waals surface area contributed by atoms with Gasteiger partial charge in [0.15, 0.2) is 12.2 Å². The molecule has 0 radical (unpaired) electrons. The zero-order valence-electron chi connectivity index (χ0n) is 19.6. The van der Waals surface area contributed by atoms with Crippen molar-refractivity contribution in [3.8, 4) is 23.3 Å². The SMILES string of the molecule is C[Si-](C)(C)CCOCn1nc(-c2cnco2)c2cc(OC3CCc4cc(C#N)cnc43)ccc21. The number of ether oxygens (including phenoxy) is 2. The quantitative estimate of drug-likeness (QED) is 0.252. The van der Waals surface area contributed by atoms with E-state index in [0.717, 1.165) is 53.4 Å². The van der Waals surface area contributed by atoms with E-state index in [4.69, 9.17) is 24.3 Å². The molecule has 9 heteroatoms. The van der Waals surface area contributed by atoms with Crippen LogP contribution in [0.15, 0.2) is 47.5 Å². The van der Waals surface area contributed by atoms with E-state index in [1.54, 1.807) is 12.4 Å². The number of oxazole rings is 1. The highest BCUT2D eigenvalue weighted by Gasteiger charge is 2.26. The Balaban J connectivity index is 1.41. The third-order valence-electron chi connectivity index (χ3n) is 5.99. The molecule has 0 saturated carbocycles. The molecule has 4 aromatic rings. The number of nitrogens with zero attached hydrogens (tertiary/aromatic N) is 5. The Morgan fingerprint density at radius 2 is 2.12 bits per heavy atom. The van der Waals surface area contributed by atoms with Crippen molar-refractivity contribution in [2.75, 3.05) is 6.61 Å².